The maximum atomic E-state index is 12.5. The number of hydrogen-bond acceptors (Lipinski definition) is 2. The number of amides is 1. The molecule has 1 aliphatic rings. The van der Waals surface area contributed by atoms with E-state index >= 15 is 0 Å². The Kier molecular flexibility index (Phi) is 5.32. The molecule has 0 N–H and O–H groups in total. The van der Waals surface area contributed by atoms with Crippen molar-refractivity contribution in [3.8, 4) is 0 Å². The highest BCUT2D eigenvalue weighted by Crippen LogP contribution is 2.27. The normalized spacial score (nSPS) is 16.3. The van der Waals surface area contributed by atoms with Crippen LogP contribution in [-0.4, -0.2) is 24.0 Å². The van der Waals surface area contributed by atoms with E-state index in [0.717, 1.165) is 12.2 Å². The van der Waals surface area contributed by atoms with Gasteiger partial charge in [-0.1, -0.05) is 12.1 Å². The van der Waals surface area contributed by atoms with Crippen molar-refractivity contribution in [3.63, 3.8) is 0 Å². The molecular formula is C16H23NOS. The summed E-state index contributed by atoms with van der Waals surface area (Å²) >= 11 is 2.01. The molecule has 1 aliphatic heterocycles. The van der Waals surface area contributed by atoms with Crippen LogP contribution in [0.4, 0.5) is 5.69 Å². The number of hydrogen-bond donors (Lipinski definition) is 0. The predicted molar refractivity (Wildman–Crippen MR) is 83.9 cm³/mol. The summed E-state index contributed by atoms with van der Waals surface area (Å²) in [5, 5.41) is 0. The van der Waals surface area contributed by atoms with Gasteiger partial charge in [0.15, 0.2) is 0 Å². The van der Waals surface area contributed by atoms with Crippen molar-refractivity contribution >= 4 is 23.4 Å². The van der Waals surface area contributed by atoms with Crippen LogP contribution in [0.25, 0.3) is 0 Å². The minimum absolute atomic E-state index is 0.282. The van der Waals surface area contributed by atoms with Crippen molar-refractivity contribution in [1.82, 2.24) is 0 Å². The maximum Gasteiger partial charge on any atom is 0.227 e. The van der Waals surface area contributed by atoms with Gasteiger partial charge in [0, 0.05) is 18.7 Å². The standard InChI is InChI=1S/C16H23NOS/c1-3-17(15-6-4-5-13(2)11-15)16(18)12-14-7-9-19-10-8-14/h4-6,11,14H,3,7-10,12H2,1-2H3. The number of anilines is 1. The Bertz CT molecular complexity index is 427. The first-order valence-electron chi connectivity index (χ1n) is 7.15. The summed E-state index contributed by atoms with van der Waals surface area (Å²) in [5.41, 5.74) is 2.25. The number of benzene rings is 1. The molecule has 0 unspecified atom stereocenters. The highest BCUT2D eigenvalue weighted by molar-refractivity contribution is 7.99. The fourth-order valence-corrected chi connectivity index (χ4v) is 3.81. The largest absolute Gasteiger partial charge is 0.313 e. The Morgan fingerprint density at radius 1 is 1.37 bits per heavy atom. The highest BCUT2D eigenvalue weighted by Gasteiger charge is 2.21. The molecule has 0 aromatic heterocycles. The first-order chi connectivity index (χ1) is 9.20. The van der Waals surface area contributed by atoms with Crippen molar-refractivity contribution in [2.45, 2.75) is 33.1 Å². The van der Waals surface area contributed by atoms with Crippen LogP contribution in [0, 0.1) is 12.8 Å². The molecule has 3 heteroatoms. The third-order valence-electron chi connectivity index (χ3n) is 3.73. The molecule has 1 heterocycles. The van der Waals surface area contributed by atoms with Crippen LogP contribution >= 0.6 is 11.8 Å². The van der Waals surface area contributed by atoms with E-state index in [-0.39, 0.29) is 5.91 Å². The lowest BCUT2D eigenvalue weighted by molar-refractivity contribution is -0.119. The SMILES string of the molecule is CCN(C(=O)CC1CCSCC1)c1cccc(C)c1. The van der Waals surface area contributed by atoms with Crippen molar-refractivity contribution < 1.29 is 4.79 Å². The summed E-state index contributed by atoms with van der Waals surface area (Å²) in [6, 6.07) is 8.22. The molecule has 0 atom stereocenters. The van der Waals surface area contributed by atoms with E-state index in [4.69, 9.17) is 0 Å². The molecule has 2 rings (SSSR count). The third kappa shape index (κ3) is 4.00. The quantitative estimate of drug-likeness (QED) is 0.832. The summed E-state index contributed by atoms with van der Waals surface area (Å²) < 4.78 is 0. The fourth-order valence-electron chi connectivity index (χ4n) is 2.61. The Labute approximate surface area is 120 Å². The molecule has 0 aliphatic carbocycles. The number of carbonyl (C=O) groups is 1. The zero-order chi connectivity index (χ0) is 13.7. The Morgan fingerprint density at radius 2 is 2.11 bits per heavy atom. The van der Waals surface area contributed by atoms with Crippen LogP contribution < -0.4 is 4.90 Å². The molecule has 1 amide bonds. The van der Waals surface area contributed by atoms with E-state index in [1.54, 1.807) is 0 Å². The van der Waals surface area contributed by atoms with Gasteiger partial charge < -0.3 is 4.90 Å². The number of carbonyl (C=O) groups excluding carboxylic acids is 1. The van der Waals surface area contributed by atoms with Crippen molar-refractivity contribution in [3.05, 3.63) is 29.8 Å². The minimum Gasteiger partial charge on any atom is -0.313 e. The van der Waals surface area contributed by atoms with Gasteiger partial charge in [-0.15, -0.1) is 0 Å². The van der Waals surface area contributed by atoms with Gasteiger partial charge in [-0.3, -0.25) is 4.79 Å². The minimum atomic E-state index is 0.282. The molecule has 0 spiro atoms. The smallest absolute Gasteiger partial charge is 0.227 e. The van der Waals surface area contributed by atoms with Crippen LogP contribution in [0.2, 0.25) is 0 Å². The Balaban J connectivity index is 2.02. The number of thioether (sulfide) groups is 1. The van der Waals surface area contributed by atoms with E-state index in [2.05, 4.69) is 26.0 Å². The maximum absolute atomic E-state index is 12.5. The van der Waals surface area contributed by atoms with Gasteiger partial charge in [0.05, 0.1) is 0 Å². The van der Waals surface area contributed by atoms with Crippen LogP contribution in [0.15, 0.2) is 24.3 Å². The van der Waals surface area contributed by atoms with Gasteiger partial charge in [-0.05, 0) is 61.8 Å². The average Bonchev–Trinajstić information content (AvgIpc) is 2.41. The molecule has 1 saturated heterocycles. The van der Waals surface area contributed by atoms with E-state index in [9.17, 15) is 4.79 Å². The molecule has 0 bridgehead atoms. The summed E-state index contributed by atoms with van der Waals surface area (Å²) in [4.78, 5) is 14.4. The zero-order valence-corrected chi connectivity index (χ0v) is 12.7. The van der Waals surface area contributed by atoms with Gasteiger partial charge >= 0.3 is 0 Å². The molecule has 1 aromatic carbocycles. The zero-order valence-electron chi connectivity index (χ0n) is 11.9. The van der Waals surface area contributed by atoms with Crippen LogP contribution in [0.1, 0.15) is 31.7 Å². The van der Waals surface area contributed by atoms with Gasteiger partial charge in [-0.2, -0.15) is 11.8 Å². The number of nitrogens with zero attached hydrogens (tertiary/aromatic N) is 1. The lowest BCUT2D eigenvalue weighted by Gasteiger charge is -2.26. The van der Waals surface area contributed by atoms with Crippen molar-refractivity contribution in [2.75, 3.05) is 23.0 Å². The molecule has 19 heavy (non-hydrogen) atoms. The molecular weight excluding hydrogens is 254 g/mol. The molecule has 0 saturated carbocycles. The average molecular weight is 277 g/mol. The monoisotopic (exact) mass is 277 g/mol. The lowest BCUT2D eigenvalue weighted by atomic mass is 9.98. The van der Waals surface area contributed by atoms with E-state index in [0.29, 0.717) is 12.3 Å². The van der Waals surface area contributed by atoms with Crippen LogP contribution in [0.3, 0.4) is 0 Å². The van der Waals surface area contributed by atoms with Crippen LogP contribution in [-0.2, 0) is 4.79 Å². The first-order valence-corrected chi connectivity index (χ1v) is 8.31. The fraction of sp³-hybridized carbons (Fsp3) is 0.562. The van der Waals surface area contributed by atoms with Crippen molar-refractivity contribution in [2.24, 2.45) is 5.92 Å². The van der Waals surface area contributed by atoms with Crippen molar-refractivity contribution in [1.29, 1.82) is 0 Å². The van der Waals surface area contributed by atoms with E-state index < -0.39 is 0 Å². The first kappa shape index (κ1) is 14.4. The third-order valence-corrected chi connectivity index (χ3v) is 4.78. The highest BCUT2D eigenvalue weighted by atomic mass is 32.2. The van der Waals surface area contributed by atoms with Gasteiger partial charge in [0.2, 0.25) is 5.91 Å². The summed E-state index contributed by atoms with van der Waals surface area (Å²) in [6.45, 7) is 4.88. The molecule has 2 nitrogen and oxygen atoms in total. The van der Waals surface area contributed by atoms with Gasteiger partial charge in [-0.25, -0.2) is 0 Å². The molecule has 104 valence electrons. The lowest BCUT2D eigenvalue weighted by Crippen LogP contribution is -2.32. The topological polar surface area (TPSA) is 20.3 Å². The van der Waals surface area contributed by atoms with E-state index in [1.165, 1.54) is 29.9 Å². The van der Waals surface area contributed by atoms with Crippen LogP contribution in [0.5, 0.6) is 0 Å². The Hall–Kier alpha value is -0.960. The molecule has 1 aromatic rings. The van der Waals surface area contributed by atoms with Gasteiger partial charge in [0.25, 0.3) is 0 Å². The summed E-state index contributed by atoms with van der Waals surface area (Å²) in [5.74, 6) is 3.31. The molecule has 0 radical (unpaired) electrons. The molecule has 1 fully saturated rings. The van der Waals surface area contributed by atoms with Gasteiger partial charge in [0.1, 0.15) is 0 Å². The Morgan fingerprint density at radius 3 is 2.74 bits per heavy atom. The summed E-state index contributed by atoms with van der Waals surface area (Å²) in [6.07, 6.45) is 3.10. The second kappa shape index (κ2) is 6.99. The van der Waals surface area contributed by atoms with E-state index in [1.807, 2.05) is 28.8 Å². The number of aryl methyl sites for hydroxylation is 1. The second-order valence-corrected chi connectivity index (χ2v) is 6.46. The second-order valence-electron chi connectivity index (χ2n) is 5.24. The summed E-state index contributed by atoms with van der Waals surface area (Å²) in [7, 11) is 0. The number of rotatable bonds is 4. The predicted octanol–water partition coefficient (Wildman–Crippen LogP) is 3.88.